The lowest BCUT2D eigenvalue weighted by Crippen LogP contribution is -2.15. The Kier molecular flexibility index (Phi) is 3.52. The maximum atomic E-state index is 11.9. The minimum atomic E-state index is -1.26. The van der Waals surface area contributed by atoms with E-state index in [9.17, 15) is 14.7 Å². The van der Waals surface area contributed by atoms with Crippen LogP contribution in [0.5, 0.6) is 5.75 Å². The highest BCUT2D eigenvalue weighted by Gasteiger charge is 2.13. The molecular formula is C13H11N3O4. The van der Waals surface area contributed by atoms with Gasteiger partial charge in [0.1, 0.15) is 11.3 Å². The molecule has 1 aromatic heterocycles. The van der Waals surface area contributed by atoms with Crippen molar-refractivity contribution in [3.05, 3.63) is 47.8 Å². The van der Waals surface area contributed by atoms with Crippen LogP contribution in [0.15, 0.2) is 36.5 Å². The van der Waals surface area contributed by atoms with Crippen LogP contribution in [0.1, 0.15) is 20.8 Å². The SMILES string of the molecule is Nc1cccnc1C(=O)Nc1ccc(C(=O)O)c(O)c1. The average Bonchev–Trinajstić information content (AvgIpc) is 2.38. The fourth-order valence-corrected chi connectivity index (χ4v) is 1.59. The van der Waals surface area contributed by atoms with E-state index in [1.807, 2.05) is 0 Å². The molecule has 102 valence electrons. The monoisotopic (exact) mass is 273 g/mol. The van der Waals surface area contributed by atoms with Crippen LogP contribution < -0.4 is 11.1 Å². The normalized spacial score (nSPS) is 10.0. The van der Waals surface area contributed by atoms with Gasteiger partial charge in [-0.1, -0.05) is 0 Å². The number of anilines is 2. The molecule has 7 nitrogen and oxygen atoms in total. The Hall–Kier alpha value is -3.09. The predicted molar refractivity (Wildman–Crippen MR) is 71.7 cm³/mol. The number of aromatic nitrogens is 1. The van der Waals surface area contributed by atoms with Crippen molar-refractivity contribution < 1.29 is 19.8 Å². The fourth-order valence-electron chi connectivity index (χ4n) is 1.59. The lowest BCUT2D eigenvalue weighted by atomic mass is 10.2. The van der Waals surface area contributed by atoms with Crippen LogP contribution in [0, 0.1) is 0 Å². The third-order valence-corrected chi connectivity index (χ3v) is 2.54. The summed E-state index contributed by atoms with van der Waals surface area (Å²) in [6.45, 7) is 0. The summed E-state index contributed by atoms with van der Waals surface area (Å²) >= 11 is 0. The molecule has 0 aliphatic rings. The number of carboxylic acid groups (broad SMARTS) is 1. The Morgan fingerprint density at radius 3 is 2.60 bits per heavy atom. The van der Waals surface area contributed by atoms with E-state index < -0.39 is 17.6 Å². The number of aromatic carboxylic acids is 1. The molecule has 0 atom stereocenters. The van der Waals surface area contributed by atoms with Crippen LogP contribution in [0.3, 0.4) is 0 Å². The van der Waals surface area contributed by atoms with Gasteiger partial charge in [-0.2, -0.15) is 0 Å². The molecule has 1 amide bonds. The molecule has 0 radical (unpaired) electrons. The van der Waals surface area contributed by atoms with Crippen molar-refractivity contribution in [2.24, 2.45) is 0 Å². The van der Waals surface area contributed by atoms with E-state index in [1.165, 1.54) is 24.4 Å². The number of carbonyl (C=O) groups is 2. The number of phenols is 1. The lowest BCUT2D eigenvalue weighted by Gasteiger charge is -2.07. The number of nitrogen functional groups attached to an aromatic ring is 1. The number of amides is 1. The Morgan fingerprint density at radius 2 is 2.00 bits per heavy atom. The van der Waals surface area contributed by atoms with E-state index >= 15 is 0 Å². The third-order valence-electron chi connectivity index (χ3n) is 2.54. The van der Waals surface area contributed by atoms with Gasteiger partial charge in [0.15, 0.2) is 5.69 Å². The number of pyridine rings is 1. The first-order chi connectivity index (χ1) is 9.49. The van der Waals surface area contributed by atoms with Crippen LogP contribution in [-0.2, 0) is 0 Å². The minimum absolute atomic E-state index is 0.0503. The van der Waals surface area contributed by atoms with Crippen molar-refractivity contribution in [3.8, 4) is 5.75 Å². The predicted octanol–water partition coefficient (Wildman–Crippen LogP) is 1.32. The van der Waals surface area contributed by atoms with Crippen LogP contribution >= 0.6 is 0 Å². The summed E-state index contributed by atoms with van der Waals surface area (Å²) in [7, 11) is 0. The van der Waals surface area contributed by atoms with Crippen LogP contribution in [0.2, 0.25) is 0 Å². The van der Waals surface area contributed by atoms with E-state index in [1.54, 1.807) is 6.07 Å². The Bertz CT molecular complexity index is 685. The molecule has 1 heterocycles. The summed E-state index contributed by atoms with van der Waals surface area (Å²) in [5.41, 5.74) is 5.88. The van der Waals surface area contributed by atoms with Crippen molar-refractivity contribution in [2.75, 3.05) is 11.1 Å². The number of benzene rings is 1. The first kappa shape index (κ1) is 13.3. The number of nitrogens with two attached hydrogens (primary N) is 1. The number of nitrogens with one attached hydrogen (secondary N) is 1. The van der Waals surface area contributed by atoms with Gasteiger partial charge >= 0.3 is 5.97 Å². The van der Waals surface area contributed by atoms with Gasteiger partial charge in [0.05, 0.1) is 5.69 Å². The van der Waals surface area contributed by atoms with Gasteiger partial charge in [-0.05, 0) is 24.3 Å². The smallest absolute Gasteiger partial charge is 0.339 e. The molecule has 2 aromatic rings. The number of carbonyl (C=O) groups excluding carboxylic acids is 1. The molecule has 0 fully saturated rings. The quantitative estimate of drug-likeness (QED) is 0.668. The second-order valence-electron chi connectivity index (χ2n) is 3.93. The summed E-state index contributed by atoms with van der Waals surface area (Å²) in [5.74, 6) is -2.25. The zero-order valence-corrected chi connectivity index (χ0v) is 10.2. The number of carboxylic acids is 1. The van der Waals surface area contributed by atoms with E-state index in [4.69, 9.17) is 10.8 Å². The van der Waals surface area contributed by atoms with Crippen molar-refractivity contribution in [1.82, 2.24) is 4.98 Å². The summed E-state index contributed by atoms with van der Waals surface area (Å²) < 4.78 is 0. The maximum absolute atomic E-state index is 11.9. The molecule has 7 heteroatoms. The Balaban J connectivity index is 2.23. The van der Waals surface area contributed by atoms with E-state index in [0.29, 0.717) is 0 Å². The van der Waals surface area contributed by atoms with E-state index in [-0.39, 0.29) is 22.6 Å². The molecule has 0 unspecified atom stereocenters. The highest BCUT2D eigenvalue weighted by molar-refractivity contribution is 6.06. The number of aromatic hydroxyl groups is 1. The van der Waals surface area contributed by atoms with Gasteiger partial charge in [0.25, 0.3) is 5.91 Å². The average molecular weight is 273 g/mol. The second-order valence-corrected chi connectivity index (χ2v) is 3.93. The highest BCUT2D eigenvalue weighted by atomic mass is 16.4. The standard InChI is InChI=1S/C13H11N3O4/c14-9-2-1-5-15-11(9)12(18)16-7-3-4-8(13(19)20)10(17)6-7/h1-6,17H,14H2,(H,16,18)(H,19,20). The van der Waals surface area contributed by atoms with Gasteiger partial charge in [-0.25, -0.2) is 9.78 Å². The molecule has 2 rings (SSSR count). The van der Waals surface area contributed by atoms with E-state index in [0.717, 1.165) is 6.07 Å². The minimum Gasteiger partial charge on any atom is -0.507 e. The van der Waals surface area contributed by atoms with Crippen molar-refractivity contribution in [2.45, 2.75) is 0 Å². The maximum Gasteiger partial charge on any atom is 0.339 e. The largest absolute Gasteiger partial charge is 0.507 e. The summed E-state index contributed by atoms with van der Waals surface area (Å²) in [6, 6.07) is 6.82. The number of hydrogen-bond donors (Lipinski definition) is 4. The zero-order valence-electron chi connectivity index (χ0n) is 10.2. The van der Waals surface area contributed by atoms with E-state index in [2.05, 4.69) is 10.3 Å². The first-order valence-corrected chi connectivity index (χ1v) is 5.57. The topological polar surface area (TPSA) is 126 Å². The summed E-state index contributed by atoms with van der Waals surface area (Å²) in [5, 5.41) is 20.8. The molecule has 0 saturated carbocycles. The lowest BCUT2D eigenvalue weighted by molar-refractivity contribution is 0.0693. The van der Waals surface area contributed by atoms with Crippen LogP contribution in [-0.4, -0.2) is 27.1 Å². The molecule has 0 aliphatic carbocycles. The molecule has 0 saturated heterocycles. The fraction of sp³-hybridized carbons (Fsp3) is 0. The molecule has 20 heavy (non-hydrogen) atoms. The molecule has 0 aliphatic heterocycles. The van der Waals surface area contributed by atoms with Crippen LogP contribution in [0.25, 0.3) is 0 Å². The van der Waals surface area contributed by atoms with Gasteiger partial charge in [-0.15, -0.1) is 0 Å². The number of nitrogens with zero attached hydrogens (tertiary/aromatic N) is 1. The van der Waals surface area contributed by atoms with Crippen molar-refractivity contribution >= 4 is 23.3 Å². The molecule has 5 N–H and O–H groups in total. The Labute approximate surface area is 113 Å². The number of hydrogen-bond acceptors (Lipinski definition) is 5. The van der Waals surface area contributed by atoms with Gasteiger partial charge < -0.3 is 21.3 Å². The third kappa shape index (κ3) is 2.66. The summed E-state index contributed by atoms with van der Waals surface area (Å²) in [6.07, 6.45) is 1.43. The zero-order chi connectivity index (χ0) is 14.7. The number of rotatable bonds is 3. The summed E-state index contributed by atoms with van der Waals surface area (Å²) in [4.78, 5) is 26.5. The molecule has 1 aromatic carbocycles. The van der Waals surface area contributed by atoms with Gasteiger partial charge in [0.2, 0.25) is 0 Å². The molecular weight excluding hydrogens is 262 g/mol. The molecule has 0 bridgehead atoms. The highest BCUT2D eigenvalue weighted by Crippen LogP contribution is 2.22. The first-order valence-electron chi connectivity index (χ1n) is 5.57. The second kappa shape index (κ2) is 5.27. The van der Waals surface area contributed by atoms with Gasteiger partial charge in [-0.3, -0.25) is 4.79 Å². The van der Waals surface area contributed by atoms with Crippen LogP contribution in [0.4, 0.5) is 11.4 Å². The van der Waals surface area contributed by atoms with Crippen molar-refractivity contribution in [1.29, 1.82) is 0 Å². The van der Waals surface area contributed by atoms with Crippen molar-refractivity contribution in [3.63, 3.8) is 0 Å². The molecule has 0 spiro atoms. The van der Waals surface area contributed by atoms with Gasteiger partial charge in [0, 0.05) is 18.0 Å². The Morgan fingerprint density at radius 1 is 1.25 bits per heavy atom.